The third-order valence-electron chi connectivity index (χ3n) is 3.24. The molecule has 98 valence electrons. The topological polar surface area (TPSA) is 66.9 Å². The zero-order valence-corrected chi connectivity index (χ0v) is 10.8. The molecule has 0 bridgehead atoms. The van der Waals surface area contributed by atoms with Crippen LogP contribution < -0.4 is 10.6 Å². The van der Waals surface area contributed by atoms with Gasteiger partial charge in [0.25, 0.3) is 0 Å². The van der Waals surface area contributed by atoms with Crippen LogP contribution in [0.4, 0.5) is 0 Å². The number of rotatable bonds is 5. The van der Waals surface area contributed by atoms with Crippen molar-refractivity contribution in [1.29, 1.82) is 0 Å². The SMILES string of the molecule is Cc1nccc(CNC(=O)CCC2CCNC2)n1. The summed E-state index contributed by atoms with van der Waals surface area (Å²) < 4.78 is 0. The van der Waals surface area contributed by atoms with Crippen LogP contribution in [0.1, 0.15) is 30.8 Å². The summed E-state index contributed by atoms with van der Waals surface area (Å²) in [7, 11) is 0. The number of hydrogen-bond donors (Lipinski definition) is 2. The molecule has 5 nitrogen and oxygen atoms in total. The van der Waals surface area contributed by atoms with Crippen molar-refractivity contribution >= 4 is 5.91 Å². The van der Waals surface area contributed by atoms with Crippen LogP contribution in [0, 0.1) is 12.8 Å². The largest absolute Gasteiger partial charge is 0.350 e. The number of nitrogens with zero attached hydrogens (tertiary/aromatic N) is 2. The molecular formula is C13H20N4O. The Morgan fingerprint density at radius 1 is 1.61 bits per heavy atom. The molecule has 1 aromatic rings. The smallest absolute Gasteiger partial charge is 0.220 e. The van der Waals surface area contributed by atoms with Crippen LogP contribution in [0.2, 0.25) is 0 Å². The van der Waals surface area contributed by atoms with E-state index in [1.54, 1.807) is 6.20 Å². The Morgan fingerprint density at radius 3 is 3.22 bits per heavy atom. The summed E-state index contributed by atoms with van der Waals surface area (Å²) in [6.07, 6.45) is 4.49. The van der Waals surface area contributed by atoms with Gasteiger partial charge in [-0.15, -0.1) is 0 Å². The lowest BCUT2D eigenvalue weighted by molar-refractivity contribution is -0.121. The van der Waals surface area contributed by atoms with E-state index in [9.17, 15) is 4.79 Å². The molecule has 0 aromatic carbocycles. The summed E-state index contributed by atoms with van der Waals surface area (Å²) in [5.41, 5.74) is 0.860. The van der Waals surface area contributed by atoms with E-state index in [1.165, 1.54) is 6.42 Å². The number of hydrogen-bond acceptors (Lipinski definition) is 4. The Labute approximate surface area is 107 Å². The summed E-state index contributed by atoms with van der Waals surface area (Å²) in [5, 5.41) is 6.21. The van der Waals surface area contributed by atoms with Crippen molar-refractivity contribution in [2.75, 3.05) is 13.1 Å². The van der Waals surface area contributed by atoms with E-state index < -0.39 is 0 Å². The van der Waals surface area contributed by atoms with E-state index in [0.29, 0.717) is 18.9 Å². The summed E-state index contributed by atoms with van der Waals surface area (Å²) in [6.45, 7) is 4.48. The van der Waals surface area contributed by atoms with Crippen LogP contribution in [0.25, 0.3) is 0 Å². The Hall–Kier alpha value is -1.49. The highest BCUT2D eigenvalue weighted by atomic mass is 16.1. The van der Waals surface area contributed by atoms with Gasteiger partial charge < -0.3 is 10.6 Å². The van der Waals surface area contributed by atoms with Gasteiger partial charge in [0.2, 0.25) is 5.91 Å². The normalized spacial score (nSPS) is 18.8. The molecule has 2 heterocycles. The molecule has 2 N–H and O–H groups in total. The molecule has 0 radical (unpaired) electrons. The first-order valence-electron chi connectivity index (χ1n) is 6.50. The molecule has 0 saturated carbocycles. The van der Waals surface area contributed by atoms with Gasteiger partial charge in [-0.1, -0.05) is 0 Å². The van der Waals surface area contributed by atoms with E-state index in [1.807, 2.05) is 13.0 Å². The monoisotopic (exact) mass is 248 g/mol. The minimum Gasteiger partial charge on any atom is -0.350 e. The maximum absolute atomic E-state index is 11.7. The molecule has 18 heavy (non-hydrogen) atoms. The van der Waals surface area contributed by atoms with Crippen molar-refractivity contribution in [3.63, 3.8) is 0 Å². The maximum Gasteiger partial charge on any atom is 0.220 e. The fraction of sp³-hybridized carbons (Fsp3) is 0.615. The Morgan fingerprint density at radius 2 is 2.50 bits per heavy atom. The lowest BCUT2D eigenvalue weighted by Gasteiger charge is -2.08. The van der Waals surface area contributed by atoms with Crippen LogP contribution in [-0.2, 0) is 11.3 Å². The first-order chi connectivity index (χ1) is 8.74. The van der Waals surface area contributed by atoms with Gasteiger partial charge in [-0.25, -0.2) is 9.97 Å². The second-order valence-electron chi connectivity index (χ2n) is 4.77. The fourth-order valence-corrected chi connectivity index (χ4v) is 2.18. The van der Waals surface area contributed by atoms with Crippen molar-refractivity contribution in [1.82, 2.24) is 20.6 Å². The van der Waals surface area contributed by atoms with Crippen molar-refractivity contribution in [3.8, 4) is 0 Å². The molecule has 5 heteroatoms. The second kappa shape index (κ2) is 6.44. The van der Waals surface area contributed by atoms with E-state index in [2.05, 4.69) is 20.6 Å². The van der Waals surface area contributed by atoms with Crippen molar-refractivity contribution in [3.05, 3.63) is 23.8 Å². The fourth-order valence-electron chi connectivity index (χ4n) is 2.18. The first kappa shape index (κ1) is 13.0. The second-order valence-corrected chi connectivity index (χ2v) is 4.77. The molecule has 1 amide bonds. The van der Waals surface area contributed by atoms with Gasteiger partial charge >= 0.3 is 0 Å². The third-order valence-corrected chi connectivity index (χ3v) is 3.24. The zero-order chi connectivity index (χ0) is 12.8. The standard InChI is InChI=1S/C13H20N4O/c1-10-15-7-5-12(17-10)9-16-13(18)3-2-11-4-6-14-8-11/h5,7,11,14H,2-4,6,8-9H2,1H3,(H,16,18). The molecular weight excluding hydrogens is 228 g/mol. The van der Waals surface area contributed by atoms with Crippen molar-refractivity contribution in [2.24, 2.45) is 5.92 Å². The van der Waals surface area contributed by atoms with Gasteiger partial charge in [0, 0.05) is 12.6 Å². The number of carbonyl (C=O) groups is 1. The molecule has 1 fully saturated rings. The van der Waals surface area contributed by atoms with Crippen LogP contribution in [-0.4, -0.2) is 29.0 Å². The van der Waals surface area contributed by atoms with Gasteiger partial charge in [-0.3, -0.25) is 4.79 Å². The van der Waals surface area contributed by atoms with Crippen molar-refractivity contribution < 1.29 is 4.79 Å². The van der Waals surface area contributed by atoms with Crippen LogP contribution >= 0.6 is 0 Å². The van der Waals surface area contributed by atoms with E-state index >= 15 is 0 Å². The lowest BCUT2D eigenvalue weighted by Crippen LogP contribution is -2.24. The molecule has 0 spiro atoms. The van der Waals surface area contributed by atoms with E-state index in [0.717, 1.165) is 31.0 Å². The predicted octanol–water partition coefficient (Wildman–Crippen LogP) is 0.791. The Kier molecular flexibility index (Phi) is 4.64. The van der Waals surface area contributed by atoms with Crippen LogP contribution in [0.5, 0.6) is 0 Å². The van der Waals surface area contributed by atoms with Crippen LogP contribution in [0.15, 0.2) is 12.3 Å². The number of aromatic nitrogens is 2. The Bertz CT molecular complexity index is 402. The Balaban J connectivity index is 1.68. The maximum atomic E-state index is 11.7. The summed E-state index contributed by atoms with van der Waals surface area (Å²) >= 11 is 0. The summed E-state index contributed by atoms with van der Waals surface area (Å²) in [4.78, 5) is 20.0. The molecule has 0 aliphatic carbocycles. The number of nitrogens with one attached hydrogen (secondary N) is 2. The minimum atomic E-state index is 0.109. The highest BCUT2D eigenvalue weighted by Gasteiger charge is 2.15. The van der Waals surface area contributed by atoms with Gasteiger partial charge in [0.1, 0.15) is 5.82 Å². The van der Waals surface area contributed by atoms with Crippen molar-refractivity contribution in [2.45, 2.75) is 32.7 Å². The lowest BCUT2D eigenvalue weighted by atomic mass is 10.0. The quantitative estimate of drug-likeness (QED) is 0.808. The summed E-state index contributed by atoms with van der Waals surface area (Å²) in [6, 6.07) is 1.83. The van der Waals surface area contributed by atoms with Gasteiger partial charge in [0.05, 0.1) is 12.2 Å². The van der Waals surface area contributed by atoms with Gasteiger partial charge in [-0.2, -0.15) is 0 Å². The average molecular weight is 248 g/mol. The molecule has 1 saturated heterocycles. The highest BCUT2D eigenvalue weighted by Crippen LogP contribution is 2.13. The van der Waals surface area contributed by atoms with Gasteiger partial charge in [-0.05, 0) is 44.8 Å². The zero-order valence-electron chi connectivity index (χ0n) is 10.8. The first-order valence-corrected chi connectivity index (χ1v) is 6.50. The summed E-state index contributed by atoms with van der Waals surface area (Å²) in [5.74, 6) is 1.51. The highest BCUT2D eigenvalue weighted by molar-refractivity contribution is 5.75. The predicted molar refractivity (Wildman–Crippen MR) is 68.8 cm³/mol. The molecule has 1 aliphatic rings. The minimum absolute atomic E-state index is 0.109. The van der Waals surface area contributed by atoms with Gasteiger partial charge in [0.15, 0.2) is 0 Å². The molecule has 1 atom stereocenters. The number of amides is 1. The average Bonchev–Trinajstić information content (AvgIpc) is 2.87. The molecule has 1 aliphatic heterocycles. The number of carbonyl (C=O) groups excluding carboxylic acids is 1. The van der Waals surface area contributed by atoms with E-state index in [-0.39, 0.29) is 5.91 Å². The number of aryl methyl sites for hydroxylation is 1. The van der Waals surface area contributed by atoms with E-state index in [4.69, 9.17) is 0 Å². The molecule has 2 rings (SSSR count). The molecule has 1 unspecified atom stereocenters. The third kappa shape index (κ3) is 4.07. The van der Waals surface area contributed by atoms with Crippen LogP contribution in [0.3, 0.4) is 0 Å². The molecule has 1 aromatic heterocycles.